The van der Waals surface area contributed by atoms with Crippen molar-refractivity contribution in [1.29, 1.82) is 0 Å². The lowest BCUT2D eigenvalue weighted by atomic mass is 9.96. The predicted octanol–water partition coefficient (Wildman–Crippen LogP) is 2.28. The summed E-state index contributed by atoms with van der Waals surface area (Å²) in [4.78, 5) is 0. The van der Waals surface area contributed by atoms with Crippen molar-refractivity contribution in [2.24, 2.45) is 11.8 Å². The van der Waals surface area contributed by atoms with Crippen molar-refractivity contribution in [1.82, 2.24) is 21.5 Å². The standard InChI is InChI=1S/C19H28N4O2S2/c1-24-16-6-4-12(11-17(16)25-2)7-8-20-18(26)22-23-19(27)21-15-10-13-3-5-14(15)9-13/h4,6,11,13-15H,3,5,7-10H2,1-2H3,(H2,20,22,26)(H2,21,23,27). The fourth-order valence-corrected chi connectivity index (χ4v) is 4.50. The molecule has 2 saturated carbocycles. The first-order valence-electron chi connectivity index (χ1n) is 9.40. The van der Waals surface area contributed by atoms with E-state index in [9.17, 15) is 0 Å². The summed E-state index contributed by atoms with van der Waals surface area (Å²) in [6, 6.07) is 6.42. The summed E-state index contributed by atoms with van der Waals surface area (Å²) < 4.78 is 10.6. The molecule has 27 heavy (non-hydrogen) atoms. The van der Waals surface area contributed by atoms with E-state index in [0.29, 0.717) is 22.8 Å². The van der Waals surface area contributed by atoms with Crippen LogP contribution >= 0.6 is 24.4 Å². The summed E-state index contributed by atoms with van der Waals surface area (Å²) in [5, 5.41) is 7.72. The summed E-state index contributed by atoms with van der Waals surface area (Å²) >= 11 is 10.7. The molecule has 3 atom stereocenters. The van der Waals surface area contributed by atoms with E-state index in [4.69, 9.17) is 33.9 Å². The van der Waals surface area contributed by atoms with Crippen LogP contribution in [0.4, 0.5) is 0 Å². The van der Waals surface area contributed by atoms with Gasteiger partial charge in [0, 0.05) is 12.6 Å². The fourth-order valence-electron chi connectivity index (χ4n) is 4.14. The second-order valence-corrected chi connectivity index (χ2v) is 8.02. The molecule has 0 aromatic heterocycles. The first-order chi connectivity index (χ1) is 13.1. The number of methoxy groups -OCH3 is 2. The van der Waals surface area contributed by atoms with Gasteiger partial charge in [0.2, 0.25) is 0 Å². The lowest BCUT2D eigenvalue weighted by molar-refractivity contribution is 0.354. The second-order valence-electron chi connectivity index (χ2n) is 7.20. The van der Waals surface area contributed by atoms with Gasteiger partial charge in [-0.05, 0) is 79.7 Å². The quantitative estimate of drug-likeness (QED) is 0.422. The smallest absolute Gasteiger partial charge is 0.185 e. The van der Waals surface area contributed by atoms with Crippen LogP contribution in [0.3, 0.4) is 0 Å². The highest BCUT2D eigenvalue weighted by molar-refractivity contribution is 7.80. The average Bonchev–Trinajstić information content (AvgIpc) is 3.29. The molecule has 0 aliphatic heterocycles. The van der Waals surface area contributed by atoms with Crippen LogP contribution < -0.4 is 31.0 Å². The van der Waals surface area contributed by atoms with E-state index in [2.05, 4.69) is 21.5 Å². The zero-order valence-corrected chi connectivity index (χ0v) is 17.5. The number of benzene rings is 1. The van der Waals surface area contributed by atoms with Gasteiger partial charge in [-0.3, -0.25) is 10.9 Å². The summed E-state index contributed by atoms with van der Waals surface area (Å²) in [7, 11) is 3.27. The highest BCUT2D eigenvalue weighted by Crippen LogP contribution is 2.44. The van der Waals surface area contributed by atoms with E-state index in [1.54, 1.807) is 14.2 Å². The highest BCUT2D eigenvalue weighted by Gasteiger charge is 2.39. The Bertz CT molecular complexity index is 686. The zero-order chi connectivity index (χ0) is 19.2. The maximum atomic E-state index is 5.37. The molecule has 2 aliphatic carbocycles. The highest BCUT2D eigenvalue weighted by atomic mass is 32.1. The van der Waals surface area contributed by atoms with Crippen LogP contribution in [0.2, 0.25) is 0 Å². The van der Waals surface area contributed by atoms with Gasteiger partial charge in [-0.2, -0.15) is 0 Å². The maximum Gasteiger partial charge on any atom is 0.185 e. The Morgan fingerprint density at radius 3 is 2.48 bits per heavy atom. The number of fused-ring (bicyclic) bond motifs is 2. The molecule has 0 radical (unpaired) electrons. The minimum absolute atomic E-state index is 0.511. The molecule has 0 saturated heterocycles. The molecule has 0 amide bonds. The van der Waals surface area contributed by atoms with Gasteiger partial charge >= 0.3 is 0 Å². The van der Waals surface area contributed by atoms with Gasteiger partial charge in [-0.1, -0.05) is 12.5 Å². The Morgan fingerprint density at radius 2 is 1.81 bits per heavy atom. The van der Waals surface area contributed by atoms with E-state index in [-0.39, 0.29) is 0 Å². The van der Waals surface area contributed by atoms with Crippen LogP contribution in [0.25, 0.3) is 0 Å². The number of nitrogens with one attached hydrogen (secondary N) is 4. The van der Waals surface area contributed by atoms with Crippen LogP contribution in [0.15, 0.2) is 18.2 Å². The lowest BCUT2D eigenvalue weighted by Crippen LogP contribution is -2.53. The normalized spacial score (nSPS) is 22.8. The molecule has 0 spiro atoms. The number of hydrogen-bond acceptors (Lipinski definition) is 4. The van der Waals surface area contributed by atoms with Crippen LogP contribution in [-0.4, -0.2) is 37.0 Å². The van der Waals surface area contributed by atoms with Crippen LogP contribution in [0.1, 0.15) is 31.2 Å². The third kappa shape index (κ3) is 5.35. The molecule has 1 aromatic rings. The Labute approximate surface area is 171 Å². The topological polar surface area (TPSA) is 66.6 Å². The third-order valence-corrected chi connectivity index (χ3v) is 5.96. The first-order valence-corrected chi connectivity index (χ1v) is 10.2. The van der Waals surface area contributed by atoms with Gasteiger partial charge in [0.05, 0.1) is 14.2 Å². The lowest BCUT2D eigenvalue weighted by Gasteiger charge is -2.24. The number of hydrazine groups is 1. The van der Waals surface area contributed by atoms with Crippen molar-refractivity contribution in [2.75, 3.05) is 20.8 Å². The molecular formula is C19H28N4O2S2. The molecule has 4 N–H and O–H groups in total. The average molecular weight is 409 g/mol. The molecule has 2 fully saturated rings. The zero-order valence-electron chi connectivity index (χ0n) is 15.8. The fraction of sp³-hybridized carbons (Fsp3) is 0.579. The van der Waals surface area contributed by atoms with Crippen LogP contribution in [0.5, 0.6) is 11.5 Å². The van der Waals surface area contributed by atoms with Crippen molar-refractivity contribution in [3.63, 3.8) is 0 Å². The van der Waals surface area contributed by atoms with E-state index >= 15 is 0 Å². The number of ether oxygens (including phenoxy) is 2. The van der Waals surface area contributed by atoms with E-state index in [1.165, 1.54) is 25.7 Å². The van der Waals surface area contributed by atoms with Gasteiger partial charge in [0.1, 0.15) is 0 Å². The minimum atomic E-state index is 0.511. The maximum absolute atomic E-state index is 5.37. The molecule has 2 bridgehead atoms. The third-order valence-electron chi connectivity index (χ3n) is 5.49. The van der Waals surface area contributed by atoms with Gasteiger partial charge in [0.15, 0.2) is 21.7 Å². The van der Waals surface area contributed by atoms with E-state index in [1.807, 2.05) is 18.2 Å². The Morgan fingerprint density at radius 1 is 1.04 bits per heavy atom. The Kier molecular flexibility index (Phi) is 6.95. The molecule has 3 unspecified atom stereocenters. The van der Waals surface area contributed by atoms with Crippen molar-refractivity contribution < 1.29 is 9.47 Å². The van der Waals surface area contributed by atoms with E-state index in [0.717, 1.165) is 35.3 Å². The Hall–Kier alpha value is -1.80. The molecule has 0 heterocycles. The van der Waals surface area contributed by atoms with Gasteiger partial charge in [-0.15, -0.1) is 0 Å². The van der Waals surface area contributed by atoms with Crippen molar-refractivity contribution >= 4 is 34.7 Å². The molecule has 3 rings (SSSR count). The molecule has 1 aromatic carbocycles. The number of thiocarbonyl (C=S) groups is 2. The molecule has 6 nitrogen and oxygen atoms in total. The second kappa shape index (κ2) is 9.41. The number of rotatable bonds is 6. The van der Waals surface area contributed by atoms with E-state index < -0.39 is 0 Å². The van der Waals surface area contributed by atoms with Crippen molar-refractivity contribution in [3.05, 3.63) is 23.8 Å². The predicted molar refractivity (Wildman–Crippen MR) is 115 cm³/mol. The summed E-state index contributed by atoms with van der Waals surface area (Å²) in [6.07, 6.45) is 6.12. The van der Waals surface area contributed by atoms with Crippen LogP contribution in [0, 0.1) is 11.8 Å². The molecule has 148 valence electrons. The van der Waals surface area contributed by atoms with Crippen molar-refractivity contribution in [3.8, 4) is 11.5 Å². The van der Waals surface area contributed by atoms with Gasteiger partial charge in [-0.25, -0.2) is 0 Å². The SMILES string of the molecule is COc1ccc(CCNC(=S)NNC(=S)NC2CC3CCC2C3)cc1OC. The first kappa shape index (κ1) is 19.9. The van der Waals surface area contributed by atoms with Gasteiger partial charge < -0.3 is 20.1 Å². The summed E-state index contributed by atoms with van der Waals surface area (Å²) in [6.45, 7) is 0.704. The van der Waals surface area contributed by atoms with Crippen LogP contribution in [-0.2, 0) is 6.42 Å². The largest absolute Gasteiger partial charge is 0.493 e. The summed E-state index contributed by atoms with van der Waals surface area (Å²) in [5.41, 5.74) is 7.07. The number of hydrogen-bond donors (Lipinski definition) is 4. The molecule has 8 heteroatoms. The monoisotopic (exact) mass is 408 g/mol. The van der Waals surface area contributed by atoms with Crippen molar-refractivity contribution in [2.45, 2.75) is 38.1 Å². The summed E-state index contributed by atoms with van der Waals surface area (Å²) in [5.74, 6) is 3.13. The molecule has 2 aliphatic rings. The Balaban J connectivity index is 1.33. The molecular weight excluding hydrogens is 380 g/mol. The minimum Gasteiger partial charge on any atom is -0.493 e. The van der Waals surface area contributed by atoms with Gasteiger partial charge in [0.25, 0.3) is 0 Å².